The third-order valence-electron chi connectivity index (χ3n) is 6.70. The van der Waals surface area contributed by atoms with Crippen LogP contribution in [0.15, 0.2) is 36.7 Å². The number of benzene rings is 1. The number of amides is 1. The van der Waals surface area contributed by atoms with Crippen LogP contribution in [0.4, 0.5) is 4.39 Å². The number of hydrogen-bond donors (Lipinski definition) is 1. The molecule has 2 aliphatic rings. The van der Waals surface area contributed by atoms with Crippen LogP contribution in [-0.4, -0.2) is 33.7 Å². The second-order valence-electron chi connectivity index (χ2n) is 8.55. The molecule has 2 aromatic rings. The van der Waals surface area contributed by atoms with Crippen molar-refractivity contribution in [2.24, 2.45) is 30.5 Å². The molecule has 3 unspecified atom stereocenters. The molecule has 6 heteroatoms. The molecule has 1 heterocycles. The van der Waals surface area contributed by atoms with E-state index in [1.807, 2.05) is 26.4 Å². The minimum atomic E-state index is -0.354. The summed E-state index contributed by atoms with van der Waals surface area (Å²) in [4.78, 5) is 15.3. The summed E-state index contributed by atoms with van der Waals surface area (Å²) in [5.41, 5.74) is 8.05. The van der Waals surface area contributed by atoms with Gasteiger partial charge in [0, 0.05) is 37.8 Å². The molecular formula is C22H29FN4O. The monoisotopic (exact) mass is 384 g/mol. The number of aromatic nitrogens is 2. The summed E-state index contributed by atoms with van der Waals surface area (Å²) in [5, 5.41) is 4.26. The van der Waals surface area contributed by atoms with Crippen molar-refractivity contribution >= 4 is 5.91 Å². The van der Waals surface area contributed by atoms with Gasteiger partial charge in [-0.3, -0.25) is 9.48 Å². The van der Waals surface area contributed by atoms with Crippen LogP contribution in [0.3, 0.4) is 0 Å². The van der Waals surface area contributed by atoms with Crippen LogP contribution < -0.4 is 5.73 Å². The third-order valence-corrected chi connectivity index (χ3v) is 6.70. The Morgan fingerprint density at radius 1 is 1.29 bits per heavy atom. The van der Waals surface area contributed by atoms with Crippen LogP contribution in [0, 0.1) is 23.6 Å². The van der Waals surface area contributed by atoms with E-state index < -0.39 is 0 Å². The first-order valence-electron chi connectivity index (χ1n) is 10.2. The Bertz CT molecular complexity index is 837. The van der Waals surface area contributed by atoms with Gasteiger partial charge in [0.25, 0.3) is 0 Å². The van der Waals surface area contributed by atoms with Crippen LogP contribution in [0.25, 0.3) is 0 Å². The van der Waals surface area contributed by atoms with E-state index >= 15 is 0 Å². The molecule has 2 N–H and O–H groups in total. The summed E-state index contributed by atoms with van der Waals surface area (Å²) in [5.74, 6) is 0.710. The summed E-state index contributed by atoms with van der Waals surface area (Å²) in [6.07, 6.45) is 8.85. The first-order chi connectivity index (χ1) is 13.4. The van der Waals surface area contributed by atoms with Crippen molar-refractivity contribution in [2.45, 2.75) is 44.2 Å². The maximum Gasteiger partial charge on any atom is 0.226 e. The molecule has 3 atom stereocenters. The van der Waals surface area contributed by atoms with Gasteiger partial charge in [0.2, 0.25) is 5.91 Å². The van der Waals surface area contributed by atoms with Crippen molar-refractivity contribution in [1.82, 2.24) is 14.7 Å². The quantitative estimate of drug-likeness (QED) is 0.880. The lowest BCUT2D eigenvalue weighted by atomic mass is 9.65. The number of carbonyl (C=O) groups is 1. The van der Waals surface area contributed by atoms with E-state index in [0.717, 1.165) is 36.8 Å². The number of halogens is 1. The molecule has 0 radical (unpaired) electrons. The van der Waals surface area contributed by atoms with Crippen LogP contribution in [0.5, 0.6) is 0 Å². The van der Waals surface area contributed by atoms with Gasteiger partial charge in [-0.15, -0.1) is 0 Å². The van der Waals surface area contributed by atoms with Gasteiger partial charge in [0.05, 0.1) is 12.2 Å². The fraction of sp³-hybridized carbons (Fsp3) is 0.545. The van der Waals surface area contributed by atoms with Crippen molar-refractivity contribution in [3.63, 3.8) is 0 Å². The molecule has 0 aliphatic heterocycles. The summed E-state index contributed by atoms with van der Waals surface area (Å²) >= 11 is 0. The van der Waals surface area contributed by atoms with Crippen LogP contribution >= 0.6 is 0 Å². The minimum Gasteiger partial charge on any atom is -0.334 e. The van der Waals surface area contributed by atoms with Crippen molar-refractivity contribution in [3.8, 4) is 0 Å². The van der Waals surface area contributed by atoms with Crippen molar-refractivity contribution in [2.75, 3.05) is 7.05 Å². The first kappa shape index (κ1) is 19.1. The second-order valence-corrected chi connectivity index (χ2v) is 8.55. The first-order valence-corrected chi connectivity index (χ1v) is 10.2. The molecule has 2 bridgehead atoms. The van der Waals surface area contributed by atoms with Crippen molar-refractivity contribution < 1.29 is 9.18 Å². The maximum atomic E-state index is 13.9. The Labute approximate surface area is 165 Å². The predicted molar refractivity (Wildman–Crippen MR) is 106 cm³/mol. The zero-order chi connectivity index (χ0) is 19.8. The number of rotatable bonds is 4. The Kier molecular flexibility index (Phi) is 5.23. The highest BCUT2D eigenvalue weighted by molar-refractivity contribution is 5.79. The molecule has 1 aromatic carbocycles. The van der Waals surface area contributed by atoms with E-state index in [-0.39, 0.29) is 29.7 Å². The van der Waals surface area contributed by atoms with Crippen LogP contribution in [-0.2, 0) is 11.8 Å². The van der Waals surface area contributed by atoms with E-state index in [1.165, 1.54) is 18.6 Å². The molecule has 28 heavy (non-hydrogen) atoms. The number of fused-ring (bicyclic) bond motifs is 2. The summed E-state index contributed by atoms with van der Waals surface area (Å²) < 4.78 is 15.6. The van der Waals surface area contributed by atoms with Gasteiger partial charge in [0.15, 0.2) is 0 Å². The molecule has 0 spiro atoms. The van der Waals surface area contributed by atoms with Crippen molar-refractivity contribution in [3.05, 3.63) is 53.6 Å². The lowest BCUT2D eigenvalue weighted by Gasteiger charge is -2.44. The number of carbonyl (C=O) groups excluding carboxylic acids is 1. The lowest BCUT2D eigenvalue weighted by Crippen LogP contribution is -2.49. The summed E-state index contributed by atoms with van der Waals surface area (Å²) in [6, 6.07) is 6.38. The zero-order valence-corrected chi connectivity index (χ0v) is 16.6. The number of hydrogen-bond acceptors (Lipinski definition) is 3. The van der Waals surface area contributed by atoms with Gasteiger partial charge < -0.3 is 10.6 Å². The topological polar surface area (TPSA) is 64.2 Å². The average Bonchev–Trinajstić information content (AvgIpc) is 3.07. The molecule has 2 fully saturated rings. The maximum absolute atomic E-state index is 13.9. The second kappa shape index (κ2) is 7.66. The molecular weight excluding hydrogens is 355 g/mol. The molecule has 5 nitrogen and oxygen atoms in total. The van der Waals surface area contributed by atoms with E-state index in [0.29, 0.717) is 11.8 Å². The normalized spacial score (nSPS) is 28.0. The lowest BCUT2D eigenvalue weighted by molar-refractivity contribution is -0.138. The van der Waals surface area contributed by atoms with Crippen molar-refractivity contribution in [1.29, 1.82) is 0 Å². The Hall–Kier alpha value is -2.21. The molecule has 1 amide bonds. The molecule has 2 saturated carbocycles. The smallest absolute Gasteiger partial charge is 0.226 e. The van der Waals surface area contributed by atoms with Gasteiger partial charge in [-0.25, -0.2) is 4.39 Å². The standard InChI is InChI=1S/C22H29FN4O/c1-26-13-18(12-25-26)21(16-7-4-8-19(23)11-16)27(2)22(28)17-9-14-5-3-6-15(10-17)20(14)24/h4,7-8,11-15,17,20-21H,3,5-6,9-10,24H2,1-2H3. The third kappa shape index (κ3) is 3.58. The van der Waals surface area contributed by atoms with Gasteiger partial charge in [-0.05, 0) is 55.2 Å². The fourth-order valence-electron chi connectivity index (χ4n) is 5.30. The summed E-state index contributed by atoms with van der Waals surface area (Å²) in [7, 11) is 3.67. The van der Waals surface area contributed by atoms with Gasteiger partial charge in [0.1, 0.15) is 5.82 Å². The van der Waals surface area contributed by atoms with E-state index in [1.54, 1.807) is 21.8 Å². The zero-order valence-electron chi connectivity index (χ0n) is 16.6. The SMILES string of the molecule is CN(C(=O)C1CC2CCCC(C1)C2N)C(c1cccc(F)c1)c1cnn(C)c1. The predicted octanol–water partition coefficient (Wildman–Crippen LogP) is 3.26. The average molecular weight is 384 g/mol. The number of nitrogens with zero attached hydrogens (tertiary/aromatic N) is 3. The minimum absolute atomic E-state index is 0.00664. The van der Waals surface area contributed by atoms with Crippen LogP contribution in [0.1, 0.15) is 49.3 Å². The van der Waals surface area contributed by atoms with Gasteiger partial charge in [-0.1, -0.05) is 18.6 Å². The Morgan fingerprint density at radius 3 is 2.61 bits per heavy atom. The highest BCUT2D eigenvalue weighted by Crippen LogP contribution is 2.43. The van der Waals surface area contributed by atoms with Gasteiger partial charge in [-0.2, -0.15) is 5.10 Å². The molecule has 2 aliphatic carbocycles. The highest BCUT2D eigenvalue weighted by atomic mass is 19.1. The molecule has 150 valence electrons. The Balaban J connectivity index is 1.62. The number of nitrogens with two attached hydrogens (primary N) is 1. The van der Waals surface area contributed by atoms with E-state index in [2.05, 4.69) is 5.10 Å². The molecule has 4 rings (SSSR count). The summed E-state index contributed by atoms with van der Waals surface area (Å²) in [6.45, 7) is 0. The van der Waals surface area contributed by atoms with Crippen LogP contribution in [0.2, 0.25) is 0 Å². The molecule has 0 saturated heterocycles. The Morgan fingerprint density at radius 2 is 2.00 bits per heavy atom. The van der Waals surface area contributed by atoms with E-state index in [9.17, 15) is 9.18 Å². The highest BCUT2D eigenvalue weighted by Gasteiger charge is 2.42. The largest absolute Gasteiger partial charge is 0.334 e. The number of aryl methyl sites for hydroxylation is 1. The fourth-order valence-corrected chi connectivity index (χ4v) is 5.30. The van der Waals surface area contributed by atoms with E-state index in [4.69, 9.17) is 5.73 Å². The molecule has 1 aromatic heterocycles. The van der Waals surface area contributed by atoms with Gasteiger partial charge >= 0.3 is 0 Å².